The minimum atomic E-state index is -1.32. The van der Waals surface area contributed by atoms with Gasteiger partial charge in [0, 0.05) is 18.5 Å². The van der Waals surface area contributed by atoms with Crippen LogP contribution in [-0.2, 0) is 20.9 Å². The lowest BCUT2D eigenvalue weighted by molar-refractivity contribution is -0.139. The minimum absolute atomic E-state index is 0.0412. The number of benzene rings is 3. The number of aliphatic imine (C=N–C) groups is 1. The number of nitrogens with one attached hydrogen (secondary N) is 1. The highest BCUT2D eigenvalue weighted by molar-refractivity contribution is 5.98. The smallest absolute Gasteiger partial charge is 0.305 e. The Kier molecular flexibility index (Phi) is 11.3. The minimum Gasteiger partial charge on any atom is -0.481 e. The predicted octanol–water partition coefficient (Wildman–Crippen LogP) is 1.61. The van der Waals surface area contributed by atoms with Crippen molar-refractivity contribution in [3.63, 3.8) is 0 Å². The van der Waals surface area contributed by atoms with Gasteiger partial charge in [-0.25, -0.2) is 4.99 Å². The van der Waals surface area contributed by atoms with Crippen LogP contribution in [0.4, 0.5) is 0 Å². The van der Waals surface area contributed by atoms with Gasteiger partial charge in [0.15, 0.2) is 11.7 Å². The molecular weight excluding hydrogens is 536 g/mol. The van der Waals surface area contributed by atoms with Crippen LogP contribution in [0.25, 0.3) is 0 Å². The molecule has 1 unspecified atom stereocenters. The first kappa shape index (κ1) is 31.5. The highest BCUT2D eigenvalue weighted by Gasteiger charge is 2.31. The molecule has 0 aliphatic rings. The Labute approximate surface area is 244 Å². The van der Waals surface area contributed by atoms with Crippen molar-refractivity contribution in [2.75, 3.05) is 13.6 Å². The summed E-state index contributed by atoms with van der Waals surface area (Å²) in [5.74, 6) is -3.16. The molecule has 0 aliphatic heterocycles. The van der Waals surface area contributed by atoms with Gasteiger partial charge in [-0.05, 0) is 35.2 Å². The highest BCUT2D eigenvalue weighted by atomic mass is 16.4. The van der Waals surface area contributed by atoms with Crippen molar-refractivity contribution in [1.82, 2.24) is 10.2 Å². The van der Waals surface area contributed by atoms with E-state index in [-0.39, 0.29) is 31.4 Å². The summed E-state index contributed by atoms with van der Waals surface area (Å²) < 4.78 is 0. The second kappa shape index (κ2) is 15.1. The molecule has 3 rings (SSSR count). The van der Waals surface area contributed by atoms with E-state index in [0.29, 0.717) is 5.56 Å². The van der Waals surface area contributed by atoms with E-state index in [1.165, 1.54) is 11.9 Å². The fourth-order valence-corrected chi connectivity index (χ4v) is 4.55. The van der Waals surface area contributed by atoms with Crippen LogP contribution in [0.15, 0.2) is 89.9 Å². The van der Waals surface area contributed by atoms with Gasteiger partial charge >= 0.3 is 5.97 Å². The van der Waals surface area contributed by atoms with E-state index in [9.17, 15) is 24.3 Å². The van der Waals surface area contributed by atoms with Crippen LogP contribution in [-0.4, -0.2) is 65.2 Å². The normalized spacial score (nSPS) is 12.2. The molecular formula is C31H36N6O5. The van der Waals surface area contributed by atoms with Gasteiger partial charge in [0.2, 0.25) is 5.91 Å². The molecule has 42 heavy (non-hydrogen) atoms. The number of carbonyl (C=O) groups is 4. The molecule has 0 aromatic heterocycles. The number of Topliss-reactive ketones (excluding diaryl/α,β-unsaturated/α-hetero) is 1. The molecule has 0 saturated carbocycles. The van der Waals surface area contributed by atoms with Gasteiger partial charge in [0.05, 0.1) is 31.6 Å². The molecule has 0 heterocycles. The van der Waals surface area contributed by atoms with E-state index in [4.69, 9.17) is 17.2 Å². The van der Waals surface area contributed by atoms with Crippen LogP contribution < -0.4 is 22.5 Å². The molecule has 220 valence electrons. The molecule has 0 radical (unpaired) electrons. The third kappa shape index (κ3) is 9.27. The molecule has 8 N–H and O–H groups in total. The van der Waals surface area contributed by atoms with Gasteiger partial charge in [-0.1, -0.05) is 72.8 Å². The quantitative estimate of drug-likeness (QED) is 0.142. The lowest BCUT2D eigenvalue weighted by Crippen LogP contribution is -2.51. The zero-order chi connectivity index (χ0) is 30.6. The molecule has 3 aromatic carbocycles. The number of carboxylic acids is 1. The summed E-state index contributed by atoms with van der Waals surface area (Å²) in [4.78, 5) is 55.9. The second-order valence-electron chi connectivity index (χ2n) is 9.94. The molecule has 0 fully saturated rings. The third-order valence-electron chi connectivity index (χ3n) is 6.69. The zero-order valence-corrected chi connectivity index (χ0v) is 23.4. The fraction of sp³-hybridized carbons (Fsp3) is 0.258. The number of carbonyl (C=O) groups excluding carboxylic acids is 3. The Morgan fingerprint density at radius 3 is 1.93 bits per heavy atom. The number of rotatable bonds is 14. The number of aliphatic carboxylic acids is 1. The lowest BCUT2D eigenvalue weighted by Gasteiger charge is -2.27. The van der Waals surface area contributed by atoms with Gasteiger partial charge in [-0.2, -0.15) is 0 Å². The first-order valence-electron chi connectivity index (χ1n) is 13.3. The summed E-state index contributed by atoms with van der Waals surface area (Å²) in [5.41, 5.74) is 19.6. The summed E-state index contributed by atoms with van der Waals surface area (Å²) >= 11 is 0. The number of hydrogen-bond acceptors (Lipinski definition) is 6. The van der Waals surface area contributed by atoms with Crippen molar-refractivity contribution in [3.8, 4) is 0 Å². The number of amides is 2. The number of guanidine groups is 1. The molecule has 2 amide bonds. The maximum absolute atomic E-state index is 13.4. The standard InChI is InChI=1S/C31H36N6O5/c1-37(30(42)23-14-12-20(13-15-23)18-35-31(33)34)19-27(38)36-26(29(41)25(32)17-28(39)40)16-24(21-8-4-2-5-9-21)22-10-6-3-7-11-22/h2-15,24-26H,16-19,32H2,1H3,(H,36,38)(H,39,40)(H4,33,34,35)/t25-,26?/m0/s1. The van der Waals surface area contributed by atoms with Crippen LogP contribution >= 0.6 is 0 Å². The summed E-state index contributed by atoms with van der Waals surface area (Å²) in [7, 11) is 1.47. The van der Waals surface area contributed by atoms with E-state index in [2.05, 4.69) is 10.3 Å². The van der Waals surface area contributed by atoms with Gasteiger partial charge in [0.25, 0.3) is 5.91 Å². The summed E-state index contributed by atoms with van der Waals surface area (Å²) in [6.45, 7) is -0.0741. The zero-order valence-electron chi connectivity index (χ0n) is 23.4. The van der Waals surface area contributed by atoms with E-state index >= 15 is 0 Å². The van der Waals surface area contributed by atoms with E-state index in [1.807, 2.05) is 60.7 Å². The molecule has 0 saturated heterocycles. The number of nitrogens with zero attached hydrogens (tertiary/aromatic N) is 2. The second-order valence-corrected chi connectivity index (χ2v) is 9.94. The SMILES string of the molecule is CN(CC(=O)NC(CC(c1ccccc1)c1ccccc1)C(=O)[C@@H](N)CC(=O)O)C(=O)c1ccc(CN=C(N)N)cc1. The maximum atomic E-state index is 13.4. The largest absolute Gasteiger partial charge is 0.481 e. The average molecular weight is 573 g/mol. The lowest BCUT2D eigenvalue weighted by atomic mass is 9.84. The summed E-state index contributed by atoms with van der Waals surface area (Å²) in [5, 5.41) is 11.9. The molecule has 2 atom stereocenters. The van der Waals surface area contributed by atoms with Crippen molar-refractivity contribution < 1.29 is 24.3 Å². The highest BCUT2D eigenvalue weighted by Crippen LogP contribution is 2.29. The molecule has 0 aliphatic carbocycles. The number of carboxylic acid groups (broad SMARTS) is 1. The average Bonchev–Trinajstić information content (AvgIpc) is 2.98. The van der Waals surface area contributed by atoms with Crippen molar-refractivity contribution in [2.24, 2.45) is 22.2 Å². The van der Waals surface area contributed by atoms with Gasteiger partial charge in [0.1, 0.15) is 0 Å². The van der Waals surface area contributed by atoms with E-state index in [0.717, 1.165) is 16.7 Å². The monoisotopic (exact) mass is 572 g/mol. The third-order valence-corrected chi connectivity index (χ3v) is 6.69. The maximum Gasteiger partial charge on any atom is 0.305 e. The Morgan fingerprint density at radius 1 is 0.881 bits per heavy atom. The Bertz CT molecular complexity index is 1350. The number of hydrogen-bond donors (Lipinski definition) is 5. The Hall–Kier alpha value is -5.03. The van der Waals surface area contributed by atoms with Crippen LogP contribution in [0.5, 0.6) is 0 Å². The van der Waals surface area contributed by atoms with Crippen LogP contribution in [0.2, 0.25) is 0 Å². The van der Waals surface area contributed by atoms with E-state index in [1.54, 1.807) is 24.3 Å². The van der Waals surface area contributed by atoms with E-state index < -0.39 is 42.1 Å². The van der Waals surface area contributed by atoms with Gasteiger partial charge < -0.3 is 32.5 Å². The summed E-state index contributed by atoms with van der Waals surface area (Å²) in [6.07, 6.45) is -0.440. The molecule has 11 nitrogen and oxygen atoms in total. The van der Waals surface area contributed by atoms with Crippen molar-refractivity contribution in [2.45, 2.75) is 37.4 Å². The van der Waals surface area contributed by atoms with Crippen LogP contribution in [0, 0.1) is 0 Å². The summed E-state index contributed by atoms with van der Waals surface area (Å²) in [6, 6.07) is 23.2. The number of ketones is 1. The first-order valence-corrected chi connectivity index (χ1v) is 13.3. The Morgan fingerprint density at radius 2 is 1.43 bits per heavy atom. The molecule has 0 bridgehead atoms. The van der Waals surface area contributed by atoms with Gasteiger partial charge in [-0.3, -0.25) is 19.2 Å². The number of nitrogens with two attached hydrogens (primary N) is 3. The van der Waals surface area contributed by atoms with Crippen molar-refractivity contribution >= 4 is 29.5 Å². The molecule has 3 aromatic rings. The first-order chi connectivity index (χ1) is 20.0. The fourth-order valence-electron chi connectivity index (χ4n) is 4.55. The molecule has 11 heteroatoms. The predicted molar refractivity (Wildman–Crippen MR) is 159 cm³/mol. The topological polar surface area (TPSA) is 194 Å². The number of likely N-dealkylation sites (N-methyl/N-ethyl adjacent to an activating group) is 1. The van der Waals surface area contributed by atoms with Crippen molar-refractivity contribution in [3.05, 3.63) is 107 Å². The van der Waals surface area contributed by atoms with Crippen LogP contribution in [0.1, 0.15) is 45.8 Å². The van der Waals surface area contributed by atoms with Crippen LogP contribution in [0.3, 0.4) is 0 Å². The molecule has 0 spiro atoms. The Balaban J connectivity index is 1.78. The van der Waals surface area contributed by atoms with Gasteiger partial charge in [-0.15, -0.1) is 0 Å². The van der Waals surface area contributed by atoms with Crippen molar-refractivity contribution in [1.29, 1.82) is 0 Å².